The van der Waals surface area contributed by atoms with Crippen LogP contribution in [0.4, 0.5) is 5.82 Å². The number of nitrogens with zero attached hydrogens (tertiary/aromatic N) is 3. The quantitative estimate of drug-likeness (QED) is 0.784. The van der Waals surface area contributed by atoms with Crippen LogP contribution in [0.1, 0.15) is 24.9 Å². The Hall–Kier alpha value is -1.88. The maximum absolute atomic E-state index is 4.45. The van der Waals surface area contributed by atoms with E-state index in [1.165, 1.54) is 5.56 Å². The van der Waals surface area contributed by atoms with Crippen LogP contribution in [-0.4, -0.2) is 14.6 Å². The molecule has 1 atom stereocenters. The van der Waals surface area contributed by atoms with Gasteiger partial charge in [-0.05, 0) is 27.9 Å². The number of hydrogen-bond donors (Lipinski definition) is 1. The third-order valence-corrected chi connectivity index (χ3v) is 3.89. The Morgan fingerprint density at radius 1 is 1.30 bits per heavy atom. The number of fused-ring (bicyclic) bond motifs is 1. The number of halogens is 1. The van der Waals surface area contributed by atoms with Gasteiger partial charge in [0.05, 0.1) is 16.7 Å². The SMILES string of the molecule is CCC(Nc1nccn2ncc(Br)c12)c1ccccc1. The summed E-state index contributed by atoms with van der Waals surface area (Å²) in [4.78, 5) is 4.45. The van der Waals surface area contributed by atoms with Crippen molar-refractivity contribution >= 4 is 27.3 Å². The molecule has 1 aromatic carbocycles. The Balaban J connectivity index is 1.98. The van der Waals surface area contributed by atoms with Crippen LogP contribution in [0, 0.1) is 0 Å². The lowest BCUT2D eigenvalue weighted by Crippen LogP contribution is -2.11. The molecular formula is C15H15BrN4. The van der Waals surface area contributed by atoms with Crippen molar-refractivity contribution in [2.24, 2.45) is 0 Å². The van der Waals surface area contributed by atoms with Gasteiger partial charge in [0.1, 0.15) is 5.52 Å². The van der Waals surface area contributed by atoms with Gasteiger partial charge in [-0.2, -0.15) is 5.10 Å². The molecule has 1 N–H and O–H groups in total. The Labute approximate surface area is 126 Å². The zero-order valence-corrected chi connectivity index (χ0v) is 12.7. The zero-order valence-electron chi connectivity index (χ0n) is 11.1. The molecule has 2 heterocycles. The Morgan fingerprint density at radius 2 is 2.10 bits per heavy atom. The van der Waals surface area contributed by atoms with Gasteiger partial charge in [0.15, 0.2) is 5.82 Å². The highest BCUT2D eigenvalue weighted by Crippen LogP contribution is 2.27. The van der Waals surface area contributed by atoms with E-state index < -0.39 is 0 Å². The van der Waals surface area contributed by atoms with Crippen molar-refractivity contribution in [3.05, 3.63) is 59.0 Å². The lowest BCUT2D eigenvalue weighted by atomic mass is 10.0. The summed E-state index contributed by atoms with van der Waals surface area (Å²) < 4.78 is 2.76. The first-order valence-corrected chi connectivity index (χ1v) is 7.38. The summed E-state index contributed by atoms with van der Waals surface area (Å²) in [6.45, 7) is 2.16. The van der Waals surface area contributed by atoms with Crippen molar-refractivity contribution in [1.82, 2.24) is 14.6 Å². The predicted molar refractivity (Wildman–Crippen MR) is 83.8 cm³/mol. The molecule has 0 amide bonds. The van der Waals surface area contributed by atoms with Gasteiger partial charge >= 0.3 is 0 Å². The molecule has 0 bridgehead atoms. The minimum absolute atomic E-state index is 0.233. The fourth-order valence-corrected chi connectivity index (χ4v) is 2.75. The fourth-order valence-electron chi connectivity index (χ4n) is 2.29. The number of benzene rings is 1. The summed E-state index contributed by atoms with van der Waals surface area (Å²) >= 11 is 3.52. The average molecular weight is 331 g/mol. The van der Waals surface area contributed by atoms with E-state index in [-0.39, 0.29) is 6.04 Å². The molecule has 0 aliphatic carbocycles. The normalized spacial score (nSPS) is 12.5. The third kappa shape index (κ3) is 2.41. The molecule has 1 unspecified atom stereocenters. The highest BCUT2D eigenvalue weighted by molar-refractivity contribution is 9.10. The van der Waals surface area contributed by atoms with Gasteiger partial charge in [0.2, 0.25) is 0 Å². The molecule has 2 aromatic heterocycles. The maximum atomic E-state index is 4.45. The molecule has 3 aromatic rings. The van der Waals surface area contributed by atoms with Crippen molar-refractivity contribution in [3.63, 3.8) is 0 Å². The van der Waals surface area contributed by atoms with Gasteiger partial charge in [-0.1, -0.05) is 37.3 Å². The minimum Gasteiger partial charge on any atom is -0.361 e. The van der Waals surface area contributed by atoms with Gasteiger partial charge in [0, 0.05) is 12.4 Å². The lowest BCUT2D eigenvalue weighted by Gasteiger charge is -2.18. The Morgan fingerprint density at radius 3 is 2.85 bits per heavy atom. The molecular weight excluding hydrogens is 316 g/mol. The van der Waals surface area contributed by atoms with Gasteiger partial charge in [-0.15, -0.1) is 0 Å². The second-order valence-electron chi connectivity index (χ2n) is 4.58. The molecule has 102 valence electrons. The summed E-state index contributed by atoms with van der Waals surface area (Å²) in [5.74, 6) is 0.840. The lowest BCUT2D eigenvalue weighted by molar-refractivity contribution is 0.744. The predicted octanol–water partition coefficient (Wildman–Crippen LogP) is 4.06. The van der Waals surface area contributed by atoms with Gasteiger partial charge < -0.3 is 5.32 Å². The molecule has 20 heavy (non-hydrogen) atoms. The van der Waals surface area contributed by atoms with E-state index in [0.717, 1.165) is 22.2 Å². The van der Waals surface area contributed by atoms with E-state index in [1.54, 1.807) is 12.4 Å². The van der Waals surface area contributed by atoms with Crippen molar-refractivity contribution < 1.29 is 0 Å². The van der Waals surface area contributed by atoms with Crippen molar-refractivity contribution in [2.45, 2.75) is 19.4 Å². The number of anilines is 1. The molecule has 5 heteroatoms. The minimum atomic E-state index is 0.233. The van der Waals surface area contributed by atoms with Gasteiger partial charge in [-0.25, -0.2) is 9.50 Å². The third-order valence-electron chi connectivity index (χ3n) is 3.31. The van der Waals surface area contributed by atoms with Crippen LogP contribution in [0.2, 0.25) is 0 Å². The van der Waals surface area contributed by atoms with E-state index in [4.69, 9.17) is 0 Å². The highest BCUT2D eigenvalue weighted by atomic mass is 79.9. The summed E-state index contributed by atoms with van der Waals surface area (Å²) in [5.41, 5.74) is 2.22. The molecule has 0 aliphatic rings. The van der Waals surface area contributed by atoms with E-state index in [2.05, 4.69) is 62.5 Å². The summed E-state index contributed by atoms with van der Waals surface area (Å²) in [7, 11) is 0. The summed E-state index contributed by atoms with van der Waals surface area (Å²) in [5, 5.41) is 7.79. The second-order valence-corrected chi connectivity index (χ2v) is 5.43. The number of nitrogens with one attached hydrogen (secondary N) is 1. The number of hydrogen-bond acceptors (Lipinski definition) is 3. The van der Waals surface area contributed by atoms with Crippen LogP contribution in [0.15, 0.2) is 53.4 Å². The van der Waals surface area contributed by atoms with Crippen LogP contribution in [0.3, 0.4) is 0 Å². The smallest absolute Gasteiger partial charge is 0.153 e. The molecule has 0 aliphatic heterocycles. The summed E-state index contributed by atoms with van der Waals surface area (Å²) in [6, 6.07) is 10.6. The first-order chi connectivity index (χ1) is 9.79. The van der Waals surface area contributed by atoms with E-state index in [9.17, 15) is 0 Å². The van der Waals surface area contributed by atoms with Crippen LogP contribution in [-0.2, 0) is 0 Å². The molecule has 0 spiro atoms. The molecule has 0 fully saturated rings. The van der Waals surface area contributed by atoms with Crippen molar-refractivity contribution in [3.8, 4) is 0 Å². The highest BCUT2D eigenvalue weighted by Gasteiger charge is 2.13. The first-order valence-electron chi connectivity index (χ1n) is 6.59. The van der Waals surface area contributed by atoms with E-state index in [0.29, 0.717) is 0 Å². The standard InChI is InChI=1S/C15H15BrN4/c1-2-13(11-6-4-3-5-7-11)19-15-14-12(16)10-18-20(14)9-8-17-15/h3-10,13H,2H2,1H3,(H,17,19). The van der Waals surface area contributed by atoms with Crippen molar-refractivity contribution in [2.75, 3.05) is 5.32 Å². The molecule has 4 nitrogen and oxygen atoms in total. The molecule has 0 saturated carbocycles. The monoisotopic (exact) mass is 330 g/mol. The Bertz CT molecular complexity index is 708. The molecule has 0 saturated heterocycles. The van der Waals surface area contributed by atoms with E-state index >= 15 is 0 Å². The maximum Gasteiger partial charge on any atom is 0.153 e. The van der Waals surface area contributed by atoms with Gasteiger partial charge in [-0.3, -0.25) is 0 Å². The van der Waals surface area contributed by atoms with E-state index in [1.807, 2.05) is 16.8 Å². The average Bonchev–Trinajstić information content (AvgIpc) is 2.88. The van der Waals surface area contributed by atoms with Crippen LogP contribution in [0.5, 0.6) is 0 Å². The van der Waals surface area contributed by atoms with Crippen LogP contribution in [0.25, 0.3) is 5.52 Å². The summed E-state index contributed by atoms with van der Waals surface area (Å²) in [6.07, 6.45) is 6.37. The van der Waals surface area contributed by atoms with Crippen LogP contribution < -0.4 is 5.32 Å². The zero-order chi connectivity index (χ0) is 13.9. The largest absolute Gasteiger partial charge is 0.361 e. The fraction of sp³-hybridized carbons (Fsp3) is 0.200. The molecule has 0 radical (unpaired) electrons. The number of rotatable bonds is 4. The molecule has 3 rings (SSSR count). The first kappa shape index (κ1) is 13.1. The van der Waals surface area contributed by atoms with Crippen LogP contribution >= 0.6 is 15.9 Å². The second kappa shape index (κ2) is 5.63. The topological polar surface area (TPSA) is 42.2 Å². The Kier molecular flexibility index (Phi) is 3.69. The number of aromatic nitrogens is 3. The van der Waals surface area contributed by atoms with Crippen molar-refractivity contribution in [1.29, 1.82) is 0 Å². The van der Waals surface area contributed by atoms with Gasteiger partial charge in [0.25, 0.3) is 0 Å².